The van der Waals surface area contributed by atoms with Crippen LogP contribution in [0.25, 0.3) is 0 Å². The Balaban J connectivity index is 2.00. The van der Waals surface area contributed by atoms with E-state index in [9.17, 15) is 14.4 Å². The summed E-state index contributed by atoms with van der Waals surface area (Å²) in [5.41, 5.74) is 6.09. The number of methoxy groups -OCH3 is 1. The molecular formula is C17H19ClN2O6S. The minimum Gasteiger partial charge on any atom is -0.496 e. The quantitative estimate of drug-likeness (QED) is 0.410. The monoisotopic (exact) mass is 414 g/mol. The van der Waals surface area contributed by atoms with Crippen molar-refractivity contribution in [3.8, 4) is 5.75 Å². The van der Waals surface area contributed by atoms with Crippen LogP contribution in [0.2, 0.25) is 5.02 Å². The Hall–Kier alpha value is -2.39. The van der Waals surface area contributed by atoms with Gasteiger partial charge in [-0.15, -0.1) is 0 Å². The number of nitrogens with two attached hydrogens (primary N) is 1. The molecule has 0 saturated carbocycles. The van der Waals surface area contributed by atoms with Crippen LogP contribution in [0.5, 0.6) is 5.75 Å². The third kappa shape index (κ3) is 5.30. The smallest absolute Gasteiger partial charge is 0.342 e. The summed E-state index contributed by atoms with van der Waals surface area (Å²) in [4.78, 5) is 37.2. The lowest BCUT2D eigenvalue weighted by molar-refractivity contribution is -0.137. The number of nitrogen functional groups attached to an aromatic ring is 1. The van der Waals surface area contributed by atoms with Crippen LogP contribution in [0, 0.1) is 0 Å². The van der Waals surface area contributed by atoms with Gasteiger partial charge < -0.3 is 24.8 Å². The van der Waals surface area contributed by atoms with Crippen LogP contribution in [-0.2, 0) is 19.1 Å². The van der Waals surface area contributed by atoms with Gasteiger partial charge in [-0.2, -0.15) is 0 Å². The molecule has 10 heteroatoms. The molecule has 0 bridgehead atoms. The average molecular weight is 415 g/mol. The molecule has 1 heterocycles. The number of halogens is 1. The van der Waals surface area contributed by atoms with E-state index in [1.165, 1.54) is 42.0 Å². The predicted octanol–water partition coefficient (Wildman–Crippen LogP) is 2.07. The number of esters is 2. The first-order chi connectivity index (χ1) is 12.9. The molecule has 27 heavy (non-hydrogen) atoms. The van der Waals surface area contributed by atoms with Crippen molar-refractivity contribution in [3.63, 3.8) is 0 Å². The van der Waals surface area contributed by atoms with Gasteiger partial charge in [-0.1, -0.05) is 23.4 Å². The van der Waals surface area contributed by atoms with Crippen molar-refractivity contribution in [2.45, 2.75) is 6.92 Å². The second-order valence-corrected chi connectivity index (χ2v) is 6.68. The zero-order valence-corrected chi connectivity index (χ0v) is 16.4. The highest BCUT2D eigenvalue weighted by Crippen LogP contribution is 2.30. The number of ether oxygens (including phenoxy) is 3. The molecule has 0 radical (unpaired) electrons. The van der Waals surface area contributed by atoms with E-state index in [1.54, 1.807) is 6.92 Å². The molecule has 8 nitrogen and oxygen atoms in total. The highest BCUT2D eigenvalue weighted by Gasteiger charge is 2.27. The van der Waals surface area contributed by atoms with Crippen LogP contribution in [-0.4, -0.2) is 55.4 Å². The first-order valence-electron chi connectivity index (χ1n) is 7.99. The summed E-state index contributed by atoms with van der Waals surface area (Å²) in [6.45, 7) is 1.97. The summed E-state index contributed by atoms with van der Waals surface area (Å²) in [6.07, 6.45) is 1.25. The fourth-order valence-electron chi connectivity index (χ4n) is 2.26. The van der Waals surface area contributed by atoms with Crippen molar-refractivity contribution in [1.82, 2.24) is 4.90 Å². The predicted molar refractivity (Wildman–Crippen MR) is 102 cm³/mol. The van der Waals surface area contributed by atoms with Gasteiger partial charge >= 0.3 is 11.9 Å². The summed E-state index contributed by atoms with van der Waals surface area (Å²) in [5, 5.41) is 0.663. The molecule has 1 aliphatic rings. The summed E-state index contributed by atoms with van der Waals surface area (Å²) < 4.78 is 15.2. The molecule has 2 rings (SSSR count). The van der Waals surface area contributed by atoms with Crippen molar-refractivity contribution in [2.75, 3.05) is 38.4 Å². The van der Waals surface area contributed by atoms with Gasteiger partial charge in [-0.05, 0) is 13.0 Å². The van der Waals surface area contributed by atoms with Crippen molar-refractivity contribution < 1.29 is 28.6 Å². The van der Waals surface area contributed by atoms with Crippen molar-refractivity contribution in [1.29, 1.82) is 0 Å². The van der Waals surface area contributed by atoms with Crippen LogP contribution in [0.15, 0.2) is 23.2 Å². The molecule has 1 fully saturated rings. The third-order valence-electron chi connectivity index (χ3n) is 3.53. The number of anilines is 1. The Bertz CT molecular complexity index is 783. The topological polar surface area (TPSA) is 108 Å². The summed E-state index contributed by atoms with van der Waals surface area (Å²) in [7, 11) is 1.39. The molecule has 0 unspecified atom stereocenters. The highest BCUT2D eigenvalue weighted by molar-refractivity contribution is 8.04. The van der Waals surface area contributed by atoms with E-state index in [2.05, 4.69) is 0 Å². The molecular weight excluding hydrogens is 396 g/mol. The lowest BCUT2D eigenvalue weighted by Crippen LogP contribution is -2.29. The van der Waals surface area contributed by atoms with Crippen LogP contribution < -0.4 is 10.5 Å². The Kier molecular flexibility index (Phi) is 7.37. The standard InChI is InChI=1S/C17H19ClN2O6S/c1-3-25-16(22)8-15-20(14(21)9-27-15)4-5-26-17(23)10-6-11(18)12(19)7-13(10)24-2/h6-8H,3-5,9,19H2,1-2H3/b15-8+. The van der Waals surface area contributed by atoms with Gasteiger partial charge in [0, 0.05) is 6.07 Å². The maximum Gasteiger partial charge on any atom is 0.342 e. The molecule has 1 aliphatic heterocycles. The molecule has 0 spiro atoms. The van der Waals surface area contributed by atoms with Gasteiger partial charge in [0.05, 0.1) is 47.8 Å². The Labute approximate surface area is 165 Å². The first-order valence-corrected chi connectivity index (χ1v) is 9.35. The lowest BCUT2D eigenvalue weighted by Gasteiger charge is -2.17. The molecule has 0 aliphatic carbocycles. The lowest BCUT2D eigenvalue weighted by atomic mass is 10.2. The van der Waals surface area contributed by atoms with Crippen molar-refractivity contribution >= 4 is 46.9 Å². The minimum atomic E-state index is -0.663. The Morgan fingerprint density at radius 2 is 2.11 bits per heavy atom. The SMILES string of the molecule is CCOC(=O)/C=C1/SCC(=O)N1CCOC(=O)c1cc(Cl)c(N)cc1OC. The normalized spacial score (nSPS) is 15.1. The molecule has 1 amide bonds. The van der Waals surface area contributed by atoms with E-state index in [1.807, 2.05) is 0 Å². The summed E-state index contributed by atoms with van der Waals surface area (Å²) in [6, 6.07) is 2.79. The van der Waals surface area contributed by atoms with E-state index in [-0.39, 0.29) is 53.4 Å². The first kappa shape index (κ1) is 20.9. The summed E-state index contributed by atoms with van der Waals surface area (Å²) in [5.74, 6) is -0.931. The molecule has 1 aromatic rings. The largest absolute Gasteiger partial charge is 0.496 e. The van der Waals surface area contributed by atoms with Crippen LogP contribution in [0.1, 0.15) is 17.3 Å². The zero-order chi connectivity index (χ0) is 20.0. The van der Waals surface area contributed by atoms with Gasteiger partial charge in [0.25, 0.3) is 0 Å². The van der Waals surface area contributed by atoms with Gasteiger partial charge in [0.1, 0.15) is 17.9 Å². The van der Waals surface area contributed by atoms with E-state index in [4.69, 9.17) is 31.5 Å². The number of rotatable bonds is 7. The number of benzene rings is 1. The second kappa shape index (κ2) is 9.52. The Morgan fingerprint density at radius 1 is 1.37 bits per heavy atom. The molecule has 146 valence electrons. The van der Waals surface area contributed by atoms with Gasteiger partial charge in [-0.3, -0.25) is 4.79 Å². The number of carbonyl (C=O) groups is 3. The van der Waals surface area contributed by atoms with E-state index >= 15 is 0 Å². The second-order valence-electron chi connectivity index (χ2n) is 5.28. The number of hydrogen-bond donors (Lipinski definition) is 1. The van der Waals surface area contributed by atoms with E-state index < -0.39 is 11.9 Å². The van der Waals surface area contributed by atoms with E-state index in [0.717, 1.165) is 0 Å². The van der Waals surface area contributed by atoms with Gasteiger partial charge in [0.2, 0.25) is 5.91 Å². The number of thioether (sulfide) groups is 1. The fourth-order valence-corrected chi connectivity index (χ4v) is 3.38. The van der Waals surface area contributed by atoms with Crippen molar-refractivity contribution in [3.05, 3.63) is 33.8 Å². The number of carbonyl (C=O) groups excluding carboxylic acids is 3. The molecule has 2 N–H and O–H groups in total. The maximum atomic E-state index is 12.3. The van der Waals surface area contributed by atoms with Crippen LogP contribution in [0.4, 0.5) is 5.69 Å². The fraction of sp³-hybridized carbons (Fsp3) is 0.353. The minimum absolute atomic E-state index is 0.0730. The maximum absolute atomic E-state index is 12.3. The zero-order valence-electron chi connectivity index (χ0n) is 14.8. The third-order valence-corrected chi connectivity index (χ3v) is 4.88. The molecule has 0 aromatic heterocycles. The van der Waals surface area contributed by atoms with Gasteiger partial charge in [-0.25, -0.2) is 9.59 Å². The molecule has 1 aromatic carbocycles. The van der Waals surface area contributed by atoms with Gasteiger partial charge in [0.15, 0.2) is 0 Å². The molecule has 0 atom stereocenters. The highest BCUT2D eigenvalue weighted by atomic mass is 35.5. The number of amides is 1. The number of nitrogens with zero attached hydrogens (tertiary/aromatic N) is 1. The summed E-state index contributed by atoms with van der Waals surface area (Å²) >= 11 is 7.16. The number of hydrogen-bond acceptors (Lipinski definition) is 8. The Morgan fingerprint density at radius 3 is 2.78 bits per heavy atom. The van der Waals surface area contributed by atoms with Crippen LogP contribution >= 0.6 is 23.4 Å². The van der Waals surface area contributed by atoms with E-state index in [0.29, 0.717) is 5.03 Å². The molecule has 1 saturated heterocycles. The average Bonchev–Trinajstić information content (AvgIpc) is 2.97. The van der Waals surface area contributed by atoms with Crippen molar-refractivity contribution in [2.24, 2.45) is 0 Å². The van der Waals surface area contributed by atoms with Crippen LogP contribution in [0.3, 0.4) is 0 Å².